The van der Waals surface area contributed by atoms with Crippen LogP contribution in [-0.2, 0) is 10.0 Å². The van der Waals surface area contributed by atoms with E-state index in [4.69, 9.17) is 23.8 Å². The van der Waals surface area contributed by atoms with Crippen molar-refractivity contribution in [3.05, 3.63) is 23.2 Å². The Morgan fingerprint density at radius 1 is 1.47 bits per heavy atom. The largest absolute Gasteiger partial charge is 0.398 e. The van der Waals surface area contributed by atoms with E-state index in [1.54, 1.807) is 0 Å². The predicted molar refractivity (Wildman–Crippen MR) is 69.1 cm³/mol. The predicted octanol–water partition coefficient (Wildman–Crippen LogP) is 1.61. The number of halogens is 1. The Hall–Kier alpha value is -1.22. The Bertz CT molecular complexity index is 535. The van der Waals surface area contributed by atoms with Crippen LogP contribution in [0.4, 0.5) is 5.69 Å². The van der Waals surface area contributed by atoms with Crippen LogP contribution < -0.4 is 10.5 Å². The molecule has 0 aromatic heterocycles. The molecule has 0 bridgehead atoms. The van der Waals surface area contributed by atoms with Gasteiger partial charge in [-0.15, -0.1) is 12.3 Å². The van der Waals surface area contributed by atoms with Gasteiger partial charge in [-0.3, -0.25) is 0 Å². The van der Waals surface area contributed by atoms with Crippen LogP contribution in [0.3, 0.4) is 0 Å². The van der Waals surface area contributed by atoms with Crippen LogP contribution in [0.5, 0.6) is 0 Å². The molecule has 3 N–H and O–H groups in total. The molecule has 0 radical (unpaired) electrons. The number of benzene rings is 1. The third kappa shape index (κ3) is 3.93. The van der Waals surface area contributed by atoms with Crippen molar-refractivity contribution in [3.8, 4) is 12.3 Å². The lowest BCUT2D eigenvalue weighted by Crippen LogP contribution is -2.25. The molecule has 0 atom stereocenters. The molecule has 1 aromatic carbocycles. The van der Waals surface area contributed by atoms with Crippen LogP contribution in [0.2, 0.25) is 5.02 Å². The highest BCUT2D eigenvalue weighted by Crippen LogP contribution is 2.22. The smallest absolute Gasteiger partial charge is 0.242 e. The van der Waals surface area contributed by atoms with E-state index in [1.165, 1.54) is 18.2 Å². The summed E-state index contributed by atoms with van der Waals surface area (Å²) in [6.45, 7) is 0.286. The van der Waals surface area contributed by atoms with E-state index in [2.05, 4.69) is 10.6 Å². The Balaban J connectivity index is 2.80. The van der Waals surface area contributed by atoms with Gasteiger partial charge in [0.25, 0.3) is 0 Å². The average Bonchev–Trinajstić information content (AvgIpc) is 2.24. The van der Waals surface area contributed by atoms with Crippen molar-refractivity contribution in [2.24, 2.45) is 0 Å². The van der Waals surface area contributed by atoms with Gasteiger partial charge < -0.3 is 5.73 Å². The molecular formula is C11H13ClN2O2S. The maximum atomic E-state index is 11.8. The third-order valence-corrected chi connectivity index (χ3v) is 3.82. The van der Waals surface area contributed by atoms with Crippen molar-refractivity contribution in [2.45, 2.75) is 17.7 Å². The van der Waals surface area contributed by atoms with Gasteiger partial charge in [0, 0.05) is 18.0 Å². The Labute approximate surface area is 106 Å². The second kappa shape index (κ2) is 5.92. The third-order valence-electron chi connectivity index (χ3n) is 2.05. The molecule has 0 saturated carbocycles. The molecule has 0 saturated heterocycles. The molecule has 0 unspecified atom stereocenters. The number of nitrogens with two attached hydrogens (primary N) is 1. The molecular weight excluding hydrogens is 260 g/mol. The fourth-order valence-electron chi connectivity index (χ4n) is 1.24. The van der Waals surface area contributed by atoms with Crippen LogP contribution in [-0.4, -0.2) is 15.0 Å². The van der Waals surface area contributed by atoms with Crippen LogP contribution in [0.15, 0.2) is 23.1 Å². The minimum absolute atomic E-state index is 0.0302. The maximum absolute atomic E-state index is 11.8. The maximum Gasteiger partial charge on any atom is 0.242 e. The van der Waals surface area contributed by atoms with Gasteiger partial charge in [-0.05, 0) is 24.6 Å². The minimum atomic E-state index is -3.59. The molecule has 0 heterocycles. The highest BCUT2D eigenvalue weighted by Gasteiger charge is 2.16. The van der Waals surface area contributed by atoms with E-state index >= 15 is 0 Å². The summed E-state index contributed by atoms with van der Waals surface area (Å²) in [5, 5.41) is 0.397. The summed E-state index contributed by atoms with van der Waals surface area (Å²) in [5.41, 5.74) is 5.73. The number of hydrogen-bond donors (Lipinski definition) is 2. The van der Waals surface area contributed by atoms with E-state index in [0.29, 0.717) is 17.9 Å². The van der Waals surface area contributed by atoms with Crippen LogP contribution in [0.1, 0.15) is 12.8 Å². The quantitative estimate of drug-likeness (QED) is 0.486. The Morgan fingerprint density at radius 3 is 2.76 bits per heavy atom. The highest BCUT2D eigenvalue weighted by atomic mass is 35.5. The molecule has 0 fully saturated rings. The summed E-state index contributed by atoms with van der Waals surface area (Å²) >= 11 is 5.70. The molecule has 0 amide bonds. The standard InChI is InChI=1S/C11H13ClN2O2S/c1-2-3-4-7-14-17(15,16)11-6-5-9(12)8-10(11)13/h1,5-6,8,14H,3-4,7,13H2. The summed E-state index contributed by atoms with van der Waals surface area (Å²) in [6.07, 6.45) is 6.18. The number of hydrogen-bond acceptors (Lipinski definition) is 3. The van der Waals surface area contributed by atoms with Gasteiger partial charge in [0.2, 0.25) is 10.0 Å². The van der Waals surface area contributed by atoms with Gasteiger partial charge in [0.15, 0.2) is 0 Å². The minimum Gasteiger partial charge on any atom is -0.398 e. The van der Waals surface area contributed by atoms with Crippen molar-refractivity contribution >= 4 is 27.3 Å². The van der Waals surface area contributed by atoms with E-state index in [-0.39, 0.29) is 17.1 Å². The zero-order valence-electron chi connectivity index (χ0n) is 9.11. The molecule has 6 heteroatoms. The second-order valence-corrected chi connectivity index (χ2v) is 5.56. The van der Waals surface area contributed by atoms with Gasteiger partial charge >= 0.3 is 0 Å². The second-order valence-electron chi connectivity index (χ2n) is 3.39. The topological polar surface area (TPSA) is 72.2 Å². The fourth-order valence-corrected chi connectivity index (χ4v) is 2.60. The zero-order chi connectivity index (χ0) is 12.9. The zero-order valence-corrected chi connectivity index (χ0v) is 10.7. The van der Waals surface area contributed by atoms with Crippen molar-refractivity contribution in [1.29, 1.82) is 0 Å². The lowest BCUT2D eigenvalue weighted by atomic mass is 10.3. The first-order valence-electron chi connectivity index (χ1n) is 4.95. The van der Waals surface area contributed by atoms with E-state index in [9.17, 15) is 8.42 Å². The molecule has 1 aromatic rings. The number of terminal acetylenes is 1. The molecule has 4 nitrogen and oxygen atoms in total. The van der Waals surface area contributed by atoms with Crippen LogP contribution >= 0.6 is 11.6 Å². The normalized spacial score (nSPS) is 11.1. The molecule has 0 aliphatic carbocycles. The fraction of sp³-hybridized carbons (Fsp3) is 0.273. The summed E-state index contributed by atoms with van der Waals surface area (Å²) in [7, 11) is -3.59. The van der Waals surface area contributed by atoms with Crippen molar-refractivity contribution < 1.29 is 8.42 Å². The number of unbranched alkanes of at least 4 members (excludes halogenated alkanes) is 1. The molecule has 0 spiro atoms. The molecule has 92 valence electrons. The number of nitrogens with one attached hydrogen (secondary N) is 1. The molecule has 1 rings (SSSR count). The van der Waals surface area contributed by atoms with E-state index in [0.717, 1.165) is 0 Å². The van der Waals surface area contributed by atoms with Crippen molar-refractivity contribution in [3.63, 3.8) is 0 Å². The summed E-state index contributed by atoms with van der Waals surface area (Å²) in [4.78, 5) is 0.0302. The lowest BCUT2D eigenvalue weighted by molar-refractivity contribution is 0.580. The van der Waals surface area contributed by atoms with Gasteiger partial charge in [0.05, 0.1) is 5.69 Å². The van der Waals surface area contributed by atoms with Crippen molar-refractivity contribution in [1.82, 2.24) is 4.72 Å². The van der Waals surface area contributed by atoms with Crippen LogP contribution in [0.25, 0.3) is 0 Å². The lowest BCUT2D eigenvalue weighted by Gasteiger charge is -2.08. The monoisotopic (exact) mass is 272 g/mol. The first-order chi connectivity index (χ1) is 7.97. The number of rotatable bonds is 5. The molecule has 0 aliphatic rings. The van der Waals surface area contributed by atoms with E-state index in [1.807, 2.05) is 0 Å². The van der Waals surface area contributed by atoms with Gasteiger partial charge in [0.1, 0.15) is 4.90 Å². The van der Waals surface area contributed by atoms with Gasteiger partial charge in [-0.2, -0.15) is 0 Å². The highest BCUT2D eigenvalue weighted by molar-refractivity contribution is 7.89. The van der Waals surface area contributed by atoms with E-state index < -0.39 is 10.0 Å². The Morgan fingerprint density at radius 2 is 2.18 bits per heavy atom. The number of nitrogen functional groups attached to an aromatic ring is 1. The van der Waals surface area contributed by atoms with Gasteiger partial charge in [-0.1, -0.05) is 11.6 Å². The first kappa shape index (κ1) is 13.8. The SMILES string of the molecule is C#CCCCNS(=O)(=O)c1ccc(Cl)cc1N. The summed E-state index contributed by atoms with van der Waals surface area (Å²) < 4.78 is 26.1. The Kier molecular flexibility index (Phi) is 4.82. The first-order valence-corrected chi connectivity index (χ1v) is 6.81. The number of sulfonamides is 1. The molecule has 17 heavy (non-hydrogen) atoms. The van der Waals surface area contributed by atoms with Gasteiger partial charge in [-0.25, -0.2) is 13.1 Å². The molecule has 0 aliphatic heterocycles. The average molecular weight is 273 g/mol. The van der Waals surface area contributed by atoms with Crippen molar-refractivity contribution in [2.75, 3.05) is 12.3 Å². The summed E-state index contributed by atoms with van der Waals surface area (Å²) in [6, 6.07) is 4.26. The van der Waals surface area contributed by atoms with Crippen LogP contribution in [0, 0.1) is 12.3 Å². The summed E-state index contributed by atoms with van der Waals surface area (Å²) in [5.74, 6) is 2.44. The number of anilines is 1.